The number of amides is 1. The first-order valence-corrected chi connectivity index (χ1v) is 8.93. The lowest BCUT2D eigenvalue weighted by atomic mass is 10.2. The lowest BCUT2D eigenvalue weighted by Gasteiger charge is -2.33. The molecule has 140 valence electrons. The summed E-state index contributed by atoms with van der Waals surface area (Å²) in [5, 5.41) is 7.06. The van der Waals surface area contributed by atoms with E-state index in [1.807, 2.05) is 30.3 Å². The summed E-state index contributed by atoms with van der Waals surface area (Å²) in [4.78, 5) is 27.6. The number of aryl methyl sites for hydroxylation is 1. The second-order valence-electron chi connectivity index (χ2n) is 6.69. The molecular formula is C18H22N8O. The fraction of sp³-hybridized carbons (Fsp3) is 0.389. The van der Waals surface area contributed by atoms with Crippen LogP contribution in [0.2, 0.25) is 0 Å². The van der Waals surface area contributed by atoms with Gasteiger partial charge in [0.15, 0.2) is 0 Å². The quantitative estimate of drug-likeness (QED) is 0.721. The highest BCUT2D eigenvalue weighted by molar-refractivity contribution is 5.92. The molecule has 0 saturated carbocycles. The summed E-state index contributed by atoms with van der Waals surface area (Å²) in [5.41, 5.74) is 1.60. The minimum absolute atomic E-state index is 0.123. The van der Waals surface area contributed by atoms with E-state index in [1.165, 1.54) is 5.56 Å². The van der Waals surface area contributed by atoms with Crippen LogP contribution in [0, 0.1) is 0 Å². The van der Waals surface area contributed by atoms with Gasteiger partial charge in [0.2, 0.25) is 0 Å². The van der Waals surface area contributed by atoms with E-state index in [4.69, 9.17) is 0 Å². The van der Waals surface area contributed by atoms with Gasteiger partial charge in [-0.05, 0) is 13.0 Å². The fourth-order valence-electron chi connectivity index (χ4n) is 3.32. The molecule has 0 spiro atoms. The number of nitrogens with one attached hydrogen (secondary N) is 1. The number of imidazole rings is 1. The third-order valence-electron chi connectivity index (χ3n) is 4.76. The summed E-state index contributed by atoms with van der Waals surface area (Å²) < 4.78 is 3.88. The van der Waals surface area contributed by atoms with Crippen LogP contribution in [0.3, 0.4) is 0 Å². The molecular weight excluding hydrogens is 344 g/mol. The van der Waals surface area contributed by atoms with Gasteiger partial charge in [-0.3, -0.25) is 14.4 Å². The summed E-state index contributed by atoms with van der Waals surface area (Å²) in [6.07, 6.45) is 9.05. The van der Waals surface area contributed by atoms with Gasteiger partial charge in [0, 0.05) is 57.0 Å². The van der Waals surface area contributed by atoms with Crippen molar-refractivity contribution in [1.29, 1.82) is 0 Å². The molecule has 1 amide bonds. The highest BCUT2D eigenvalue weighted by atomic mass is 16.1. The molecule has 0 fully saturated rings. The number of hydrogen-bond acceptors (Lipinski definition) is 6. The maximum Gasteiger partial charge on any atom is 0.271 e. The molecule has 3 aromatic heterocycles. The van der Waals surface area contributed by atoms with Crippen molar-refractivity contribution in [3.63, 3.8) is 0 Å². The van der Waals surface area contributed by atoms with E-state index in [0.29, 0.717) is 11.5 Å². The molecule has 0 aromatic carbocycles. The highest BCUT2D eigenvalue weighted by Crippen LogP contribution is 2.26. The van der Waals surface area contributed by atoms with Gasteiger partial charge in [0.25, 0.3) is 5.91 Å². The molecule has 1 N–H and O–H groups in total. The van der Waals surface area contributed by atoms with Crippen LogP contribution in [0.15, 0.2) is 37.1 Å². The topological polar surface area (TPSA) is 93.8 Å². The second-order valence-corrected chi connectivity index (χ2v) is 6.69. The first-order chi connectivity index (χ1) is 13.1. The third-order valence-corrected chi connectivity index (χ3v) is 4.76. The first kappa shape index (κ1) is 17.3. The van der Waals surface area contributed by atoms with E-state index in [0.717, 1.165) is 25.5 Å². The van der Waals surface area contributed by atoms with E-state index in [9.17, 15) is 4.79 Å². The monoisotopic (exact) mass is 366 g/mol. The molecule has 0 aliphatic carbocycles. The van der Waals surface area contributed by atoms with Crippen molar-refractivity contribution in [2.24, 2.45) is 7.05 Å². The number of rotatable bonds is 5. The van der Waals surface area contributed by atoms with Crippen molar-refractivity contribution in [2.45, 2.75) is 32.6 Å². The first-order valence-electron chi connectivity index (χ1n) is 8.93. The Morgan fingerprint density at radius 3 is 2.81 bits per heavy atom. The zero-order chi connectivity index (χ0) is 18.8. The van der Waals surface area contributed by atoms with Gasteiger partial charge in [-0.25, -0.2) is 15.0 Å². The molecule has 4 rings (SSSR count). The third kappa shape index (κ3) is 3.72. The molecule has 27 heavy (non-hydrogen) atoms. The van der Waals surface area contributed by atoms with Crippen molar-refractivity contribution in [2.75, 3.05) is 6.54 Å². The smallest absolute Gasteiger partial charge is 0.271 e. The molecule has 0 unspecified atom stereocenters. The van der Waals surface area contributed by atoms with Crippen molar-refractivity contribution in [3.05, 3.63) is 60.0 Å². The van der Waals surface area contributed by atoms with Crippen molar-refractivity contribution in [1.82, 2.24) is 39.5 Å². The molecule has 9 nitrogen and oxygen atoms in total. The Hall–Kier alpha value is -3.07. The molecule has 0 saturated heterocycles. The lowest BCUT2D eigenvalue weighted by molar-refractivity contribution is 0.0945. The Kier molecular flexibility index (Phi) is 4.68. The SMILES string of the molecule is C[C@H]1c2nc(C(=O)NCc3ncccn3)cn2CCN1Cc1cnn(C)c1. The van der Waals surface area contributed by atoms with E-state index in [1.54, 1.807) is 18.5 Å². The van der Waals surface area contributed by atoms with Crippen LogP contribution in [-0.4, -0.2) is 46.7 Å². The van der Waals surface area contributed by atoms with Crippen LogP contribution in [0.25, 0.3) is 0 Å². The number of nitrogens with zero attached hydrogens (tertiary/aromatic N) is 7. The van der Waals surface area contributed by atoms with Gasteiger partial charge in [0.05, 0.1) is 18.8 Å². The molecule has 1 aliphatic rings. The van der Waals surface area contributed by atoms with E-state index < -0.39 is 0 Å². The van der Waals surface area contributed by atoms with Crippen LogP contribution in [0.5, 0.6) is 0 Å². The Labute approximate surface area is 157 Å². The van der Waals surface area contributed by atoms with Crippen molar-refractivity contribution < 1.29 is 4.79 Å². The average Bonchev–Trinajstić information content (AvgIpc) is 3.29. The lowest BCUT2D eigenvalue weighted by Crippen LogP contribution is -2.36. The van der Waals surface area contributed by atoms with E-state index in [-0.39, 0.29) is 18.5 Å². The Morgan fingerprint density at radius 1 is 1.26 bits per heavy atom. The fourth-order valence-corrected chi connectivity index (χ4v) is 3.32. The molecule has 1 aliphatic heterocycles. The largest absolute Gasteiger partial charge is 0.343 e. The van der Waals surface area contributed by atoms with Gasteiger partial charge in [-0.1, -0.05) is 0 Å². The van der Waals surface area contributed by atoms with Gasteiger partial charge in [0.1, 0.15) is 17.3 Å². The number of carbonyl (C=O) groups excluding carboxylic acids is 1. The Bertz CT molecular complexity index is 932. The summed E-state index contributed by atoms with van der Waals surface area (Å²) in [5.74, 6) is 1.27. The Balaban J connectivity index is 1.43. The van der Waals surface area contributed by atoms with E-state index >= 15 is 0 Å². The number of carbonyl (C=O) groups is 1. The van der Waals surface area contributed by atoms with Crippen LogP contribution >= 0.6 is 0 Å². The van der Waals surface area contributed by atoms with Gasteiger partial charge in [-0.15, -0.1) is 0 Å². The van der Waals surface area contributed by atoms with Crippen LogP contribution in [0.1, 0.15) is 40.7 Å². The number of fused-ring (bicyclic) bond motifs is 1. The number of hydrogen-bond donors (Lipinski definition) is 1. The zero-order valence-electron chi connectivity index (χ0n) is 15.4. The minimum Gasteiger partial charge on any atom is -0.343 e. The minimum atomic E-state index is -0.213. The summed E-state index contributed by atoms with van der Waals surface area (Å²) in [6.45, 7) is 4.92. The molecule has 3 aromatic rings. The summed E-state index contributed by atoms with van der Waals surface area (Å²) in [7, 11) is 1.92. The van der Waals surface area contributed by atoms with Gasteiger partial charge in [-0.2, -0.15) is 5.10 Å². The van der Waals surface area contributed by atoms with Crippen molar-refractivity contribution >= 4 is 5.91 Å². The van der Waals surface area contributed by atoms with Crippen molar-refractivity contribution in [3.8, 4) is 0 Å². The molecule has 1 atom stereocenters. The highest BCUT2D eigenvalue weighted by Gasteiger charge is 2.27. The zero-order valence-corrected chi connectivity index (χ0v) is 15.4. The molecule has 4 heterocycles. The molecule has 0 bridgehead atoms. The maximum absolute atomic E-state index is 12.5. The number of aromatic nitrogens is 6. The van der Waals surface area contributed by atoms with E-state index in [2.05, 4.69) is 41.8 Å². The van der Waals surface area contributed by atoms with Gasteiger partial charge < -0.3 is 9.88 Å². The van der Waals surface area contributed by atoms with Crippen LogP contribution < -0.4 is 5.32 Å². The standard InChI is InChI=1S/C18H22N8O/c1-13-17-23-15(18(27)21-9-16-19-4-3-5-20-16)12-26(17)7-6-25(13)11-14-8-22-24(2)10-14/h3-5,8,10,12-13H,6-7,9,11H2,1-2H3,(H,21,27)/t13-/m0/s1. The average molecular weight is 366 g/mol. The van der Waals surface area contributed by atoms with Gasteiger partial charge >= 0.3 is 0 Å². The summed E-state index contributed by atoms with van der Waals surface area (Å²) in [6, 6.07) is 1.87. The Morgan fingerprint density at radius 2 is 2.07 bits per heavy atom. The van der Waals surface area contributed by atoms with Crippen LogP contribution in [0.4, 0.5) is 0 Å². The van der Waals surface area contributed by atoms with Crippen LogP contribution in [-0.2, 0) is 26.7 Å². The maximum atomic E-state index is 12.5. The molecule has 9 heteroatoms. The predicted octanol–water partition coefficient (Wildman–Crippen LogP) is 0.913. The second kappa shape index (κ2) is 7.28. The molecule has 0 radical (unpaired) electrons. The normalized spacial score (nSPS) is 16.9. The predicted molar refractivity (Wildman–Crippen MR) is 97.5 cm³/mol. The summed E-state index contributed by atoms with van der Waals surface area (Å²) >= 11 is 0.